The van der Waals surface area contributed by atoms with Crippen LogP contribution in [-0.2, 0) is 6.54 Å². The Bertz CT molecular complexity index is 917. The molecule has 0 spiro atoms. The number of hydrogen-bond donors (Lipinski definition) is 2. The highest BCUT2D eigenvalue weighted by Crippen LogP contribution is 2.18. The van der Waals surface area contributed by atoms with Gasteiger partial charge in [-0.25, -0.2) is 9.97 Å². The van der Waals surface area contributed by atoms with Gasteiger partial charge in [-0.1, -0.05) is 24.3 Å². The van der Waals surface area contributed by atoms with E-state index in [9.17, 15) is 0 Å². The number of pyridine rings is 1. The maximum atomic E-state index is 5.60. The molecule has 0 unspecified atom stereocenters. The van der Waals surface area contributed by atoms with Gasteiger partial charge < -0.3 is 20.0 Å². The number of nitrogens with one attached hydrogen (secondary N) is 2. The molecule has 3 heterocycles. The molecular weight excluding hydrogens is 364 g/mol. The fourth-order valence-corrected chi connectivity index (χ4v) is 3.46. The number of guanidine groups is 1. The largest absolute Gasteiger partial charge is 0.444 e. The van der Waals surface area contributed by atoms with Crippen molar-refractivity contribution in [3.8, 4) is 11.5 Å². The van der Waals surface area contributed by atoms with Crippen LogP contribution in [-0.4, -0.2) is 42.1 Å². The summed E-state index contributed by atoms with van der Waals surface area (Å²) in [5.41, 5.74) is 1.82. The minimum atomic E-state index is 0.387. The quantitative estimate of drug-likeness (QED) is 0.515. The predicted octanol–water partition coefficient (Wildman–Crippen LogP) is 3.07. The van der Waals surface area contributed by atoms with Crippen LogP contribution in [0.15, 0.2) is 70.4 Å². The van der Waals surface area contributed by atoms with Crippen molar-refractivity contribution in [2.24, 2.45) is 4.99 Å². The molecule has 0 atom stereocenters. The monoisotopic (exact) mass is 390 g/mol. The first-order chi connectivity index (χ1) is 14.3. The zero-order chi connectivity index (χ0) is 19.9. The van der Waals surface area contributed by atoms with Crippen LogP contribution < -0.4 is 15.5 Å². The van der Waals surface area contributed by atoms with Gasteiger partial charge in [-0.05, 0) is 37.1 Å². The third-order valence-corrected chi connectivity index (χ3v) is 5.04. The number of hydrogen-bond acceptors (Lipinski definition) is 5. The van der Waals surface area contributed by atoms with E-state index in [0.29, 0.717) is 18.5 Å². The molecule has 7 nitrogen and oxygen atoms in total. The third kappa shape index (κ3) is 4.93. The maximum absolute atomic E-state index is 5.60. The lowest BCUT2D eigenvalue weighted by Gasteiger charge is -2.33. The van der Waals surface area contributed by atoms with Crippen molar-refractivity contribution in [1.82, 2.24) is 20.6 Å². The molecule has 2 aromatic heterocycles. The van der Waals surface area contributed by atoms with Crippen LogP contribution >= 0.6 is 0 Å². The molecule has 1 aliphatic heterocycles. The summed E-state index contributed by atoms with van der Waals surface area (Å²) in [4.78, 5) is 15.7. The molecule has 0 aliphatic carbocycles. The van der Waals surface area contributed by atoms with E-state index in [1.807, 2.05) is 48.7 Å². The molecule has 7 heteroatoms. The molecule has 150 valence electrons. The Hall–Kier alpha value is -3.35. The van der Waals surface area contributed by atoms with Crippen molar-refractivity contribution < 1.29 is 4.42 Å². The fourth-order valence-electron chi connectivity index (χ4n) is 3.46. The van der Waals surface area contributed by atoms with Gasteiger partial charge in [0.05, 0.1) is 12.2 Å². The van der Waals surface area contributed by atoms with Crippen molar-refractivity contribution in [2.75, 3.05) is 25.0 Å². The number of rotatable bonds is 5. The second-order valence-corrected chi connectivity index (χ2v) is 7.03. The first kappa shape index (κ1) is 19.0. The number of aromatic nitrogens is 2. The summed E-state index contributed by atoms with van der Waals surface area (Å²) in [5.74, 6) is 2.46. The molecule has 29 heavy (non-hydrogen) atoms. The van der Waals surface area contributed by atoms with Gasteiger partial charge in [0.2, 0.25) is 5.89 Å². The molecule has 1 fully saturated rings. The molecule has 4 rings (SSSR count). The smallest absolute Gasteiger partial charge is 0.226 e. The Labute approximate surface area is 170 Å². The average molecular weight is 390 g/mol. The summed E-state index contributed by atoms with van der Waals surface area (Å²) in [7, 11) is 1.79. The third-order valence-electron chi connectivity index (χ3n) is 5.04. The van der Waals surface area contributed by atoms with E-state index in [1.54, 1.807) is 13.3 Å². The highest BCUT2D eigenvalue weighted by molar-refractivity contribution is 5.80. The molecule has 2 N–H and O–H groups in total. The molecule has 0 radical (unpaired) electrons. The van der Waals surface area contributed by atoms with Gasteiger partial charge in [0.15, 0.2) is 5.96 Å². The Balaban J connectivity index is 1.26. The molecule has 1 saturated heterocycles. The topological polar surface area (TPSA) is 78.6 Å². The molecule has 1 aromatic carbocycles. The van der Waals surface area contributed by atoms with E-state index < -0.39 is 0 Å². The lowest BCUT2D eigenvalue weighted by molar-refractivity contribution is 0.459. The number of aliphatic imine (C=N–C) groups is 1. The summed E-state index contributed by atoms with van der Waals surface area (Å²) in [6.07, 6.45) is 5.62. The SMILES string of the molecule is CN=C(NCc1coc(-c2ccccc2)n1)NC1CCN(c2ccccn2)CC1. The van der Waals surface area contributed by atoms with E-state index in [0.717, 1.165) is 49.0 Å². The summed E-state index contributed by atoms with van der Waals surface area (Å²) < 4.78 is 5.60. The number of anilines is 1. The maximum Gasteiger partial charge on any atom is 0.226 e. The van der Waals surface area contributed by atoms with Crippen LogP contribution in [0.2, 0.25) is 0 Å². The fraction of sp³-hybridized carbons (Fsp3) is 0.318. The zero-order valence-electron chi connectivity index (χ0n) is 16.6. The number of oxazole rings is 1. The first-order valence-corrected chi connectivity index (χ1v) is 9.95. The van der Waals surface area contributed by atoms with Gasteiger partial charge in [-0.3, -0.25) is 4.99 Å². The van der Waals surface area contributed by atoms with Crippen LogP contribution in [0.25, 0.3) is 11.5 Å². The summed E-state index contributed by atoms with van der Waals surface area (Å²) >= 11 is 0. The normalized spacial score (nSPS) is 15.3. The summed E-state index contributed by atoms with van der Waals surface area (Å²) in [6.45, 7) is 2.52. The molecular formula is C22H26N6O. The van der Waals surface area contributed by atoms with Gasteiger partial charge >= 0.3 is 0 Å². The Morgan fingerprint density at radius 3 is 2.66 bits per heavy atom. The molecule has 3 aromatic rings. The first-order valence-electron chi connectivity index (χ1n) is 9.95. The van der Waals surface area contributed by atoms with Gasteiger partial charge in [-0.2, -0.15) is 0 Å². The Morgan fingerprint density at radius 1 is 1.14 bits per heavy atom. The standard InChI is InChI=1S/C22H26N6O/c1-23-22(25-15-19-16-29-21(26-19)17-7-3-2-4-8-17)27-18-10-13-28(14-11-18)20-9-5-6-12-24-20/h2-9,12,16,18H,10-11,13-15H2,1H3,(H2,23,25,27). The highest BCUT2D eigenvalue weighted by Gasteiger charge is 2.20. The van der Waals surface area contributed by atoms with E-state index >= 15 is 0 Å². The van der Waals surface area contributed by atoms with E-state index in [2.05, 4.69) is 36.6 Å². The number of piperidine rings is 1. The summed E-state index contributed by atoms with van der Waals surface area (Å²) in [5, 5.41) is 6.85. The second-order valence-electron chi connectivity index (χ2n) is 7.03. The molecule has 0 saturated carbocycles. The number of benzene rings is 1. The van der Waals surface area contributed by atoms with Crippen molar-refractivity contribution in [3.63, 3.8) is 0 Å². The minimum absolute atomic E-state index is 0.387. The second kappa shape index (κ2) is 9.23. The molecule has 0 amide bonds. The van der Waals surface area contributed by atoms with Crippen molar-refractivity contribution >= 4 is 11.8 Å². The molecule has 0 bridgehead atoms. The van der Waals surface area contributed by atoms with Crippen LogP contribution in [0.3, 0.4) is 0 Å². The van der Waals surface area contributed by atoms with Crippen LogP contribution in [0.5, 0.6) is 0 Å². The Kier molecular flexibility index (Phi) is 6.04. The molecule has 1 aliphatic rings. The summed E-state index contributed by atoms with van der Waals surface area (Å²) in [6, 6.07) is 16.3. The Morgan fingerprint density at radius 2 is 1.93 bits per heavy atom. The van der Waals surface area contributed by atoms with Gasteiger partial charge in [0.1, 0.15) is 12.1 Å². The predicted molar refractivity (Wildman–Crippen MR) is 115 cm³/mol. The highest BCUT2D eigenvalue weighted by atomic mass is 16.3. The van der Waals surface area contributed by atoms with E-state index in [-0.39, 0.29) is 0 Å². The lowest BCUT2D eigenvalue weighted by atomic mass is 10.1. The van der Waals surface area contributed by atoms with Crippen molar-refractivity contribution in [2.45, 2.75) is 25.4 Å². The van der Waals surface area contributed by atoms with Gasteiger partial charge in [0, 0.05) is 37.9 Å². The van der Waals surface area contributed by atoms with Crippen LogP contribution in [0.4, 0.5) is 5.82 Å². The number of nitrogens with zero attached hydrogens (tertiary/aromatic N) is 4. The van der Waals surface area contributed by atoms with Crippen LogP contribution in [0.1, 0.15) is 18.5 Å². The average Bonchev–Trinajstić information content (AvgIpc) is 3.27. The van der Waals surface area contributed by atoms with Crippen molar-refractivity contribution in [1.29, 1.82) is 0 Å². The van der Waals surface area contributed by atoms with E-state index in [4.69, 9.17) is 4.42 Å². The van der Waals surface area contributed by atoms with Gasteiger partial charge in [0.25, 0.3) is 0 Å². The van der Waals surface area contributed by atoms with Crippen molar-refractivity contribution in [3.05, 3.63) is 66.7 Å². The van der Waals surface area contributed by atoms with Gasteiger partial charge in [-0.15, -0.1) is 0 Å². The van der Waals surface area contributed by atoms with E-state index in [1.165, 1.54) is 0 Å². The lowest BCUT2D eigenvalue weighted by Crippen LogP contribution is -2.48. The zero-order valence-corrected chi connectivity index (χ0v) is 16.6. The minimum Gasteiger partial charge on any atom is -0.444 e. The van der Waals surface area contributed by atoms with Crippen LogP contribution in [0, 0.1) is 0 Å².